The van der Waals surface area contributed by atoms with E-state index in [-0.39, 0.29) is 17.1 Å². The number of amides is 1. The lowest BCUT2D eigenvalue weighted by Crippen LogP contribution is -2.30. The predicted molar refractivity (Wildman–Crippen MR) is 103 cm³/mol. The van der Waals surface area contributed by atoms with Crippen molar-refractivity contribution in [2.24, 2.45) is 0 Å². The largest absolute Gasteiger partial charge is 0.508 e. The molecule has 0 saturated carbocycles. The normalized spacial score (nSPS) is 18.9. The van der Waals surface area contributed by atoms with Crippen molar-refractivity contribution >= 4 is 29.1 Å². The van der Waals surface area contributed by atoms with Crippen LogP contribution in [0.5, 0.6) is 5.75 Å². The molecular formula is C21H20ClNO4. The molecule has 1 unspecified atom stereocenters. The molecule has 1 heterocycles. The highest BCUT2D eigenvalue weighted by molar-refractivity contribution is 6.46. The monoisotopic (exact) mass is 385 g/mol. The molecule has 1 fully saturated rings. The van der Waals surface area contributed by atoms with E-state index in [1.165, 1.54) is 17.0 Å². The van der Waals surface area contributed by atoms with Crippen LogP contribution in [0.4, 0.5) is 0 Å². The van der Waals surface area contributed by atoms with E-state index in [1.807, 2.05) is 6.92 Å². The molecule has 1 saturated heterocycles. The van der Waals surface area contributed by atoms with Gasteiger partial charge in [-0.2, -0.15) is 0 Å². The minimum Gasteiger partial charge on any atom is -0.508 e. The van der Waals surface area contributed by atoms with E-state index in [4.69, 9.17) is 11.6 Å². The molecule has 140 valence electrons. The molecule has 5 nitrogen and oxygen atoms in total. The fraction of sp³-hybridized carbons (Fsp3) is 0.238. The summed E-state index contributed by atoms with van der Waals surface area (Å²) >= 11 is 5.90. The number of phenolic OH excluding ortho intramolecular Hbond substituents is 1. The molecule has 6 heteroatoms. The number of rotatable bonds is 5. The quantitative estimate of drug-likeness (QED) is 0.457. The zero-order chi connectivity index (χ0) is 19.6. The summed E-state index contributed by atoms with van der Waals surface area (Å²) < 4.78 is 0. The zero-order valence-electron chi connectivity index (χ0n) is 14.9. The number of nitrogens with zero attached hydrogens (tertiary/aromatic N) is 1. The van der Waals surface area contributed by atoms with E-state index in [1.54, 1.807) is 36.4 Å². The van der Waals surface area contributed by atoms with Gasteiger partial charge in [-0.1, -0.05) is 37.1 Å². The Hall–Kier alpha value is -2.79. The molecular weight excluding hydrogens is 366 g/mol. The van der Waals surface area contributed by atoms with Crippen LogP contribution in [0.1, 0.15) is 36.9 Å². The Morgan fingerprint density at radius 3 is 2.48 bits per heavy atom. The SMILES string of the molecule is CCCCN1C(=O)C(=O)/C(=C(\O)c2ccc(Cl)cc2)C1c1cccc(O)c1. The summed E-state index contributed by atoms with van der Waals surface area (Å²) in [6.45, 7) is 2.38. The maximum Gasteiger partial charge on any atom is 0.295 e. The lowest BCUT2D eigenvalue weighted by Gasteiger charge is -2.25. The van der Waals surface area contributed by atoms with Crippen LogP contribution < -0.4 is 0 Å². The van der Waals surface area contributed by atoms with Crippen LogP contribution in [0.2, 0.25) is 5.02 Å². The second-order valence-electron chi connectivity index (χ2n) is 6.45. The third kappa shape index (κ3) is 3.69. The van der Waals surface area contributed by atoms with Crippen LogP contribution >= 0.6 is 11.6 Å². The summed E-state index contributed by atoms with van der Waals surface area (Å²) in [5.74, 6) is -1.60. The highest BCUT2D eigenvalue weighted by Gasteiger charge is 2.45. The average molecular weight is 386 g/mol. The number of Topliss-reactive ketones (excluding diaryl/α,β-unsaturated/α-hetero) is 1. The van der Waals surface area contributed by atoms with Gasteiger partial charge >= 0.3 is 0 Å². The molecule has 2 N–H and O–H groups in total. The second kappa shape index (κ2) is 7.84. The highest BCUT2D eigenvalue weighted by atomic mass is 35.5. The number of likely N-dealkylation sites (tertiary alicyclic amines) is 1. The fourth-order valence-electron chi connectivity index (χ4n) is 3.24. The van der Waals surface area contributed by atoms with Gasteiger partial charge in [0.15, 0.2) is 0 Å². The smallest absolute Gasteiger partial charge is 0.295 e. The van der Waals surface area contributed by atoms with E-state index in [2.05, 4.69) is 0 Å². The van der Waals surface area contributed by atoms with Crippen LogP contribution in [-0.2, 0) is 9.59 Å². The lowest BCUT2D eigenvalue weighted by molar-refractivity contribution is -0.139. The van der Waals surface area contributed by atoms with Gasteiger partial charge in [0.05, 0.1) is 11.6 Å². The molecule has 3 rings (SSSR count). The van der Waals surface area contributed by atoms with Gasteiger partial charge in [0.25, 0.3) is 11.7 Å². The van der Waals surface area contributed by atoms with Gasteiger partial charge in [-0.15, -0.1) is 0 Å². The first-order chi connectivity index (χ1) is 12.9. The minimum absolute atomic E-state index is 0.0176. The van der Waals surface area contributed by atoms with Crippen LogP contribution in [0.3, 0.4) is 0 Å². The molecule has 0 bridgehead atoms. The fourth-order valence-corrected chi connectivity index (χ4v) is 3.37. The molecule has 0 spiro atoms. The predicted octanol–water partition coefficient (Wildman–Crippen LogP) is 4.27. The van der Waals surface area contributed by atoms with Gasteiger partial charge in [0, 0.05) is 17.1 Å². The summed E-state index contributed by atoms with van der Waals surface area (Å²) in [5, 5.41) is 21.2. The first-order valence-electron chi connectivity index (χ1n) is 8.77. The molecule has 1 aliphatic heterocycles. The van der Waals surface area contributed by atoms with Gasteiger partial charge in [0.1, 0.15) is 11.5 Å². The Balaban J connectivity index is 2.16. The number of carbonyl (C=O) groups excluding carboxylic acids is 2. The van der Waals surface area contributed by atoms with E-state index >= 15 is 0 Å². The summed E-state index contributed by atoms with van der Waals surface area (Å²) in [5.41, 5.74) is 0.989. The van der Waals surface area contributed by atoms with Gasteiger partial charge < -0.3 is 15.1 Å². The number of halogens is 1. The van der Waals surface area contributed by atoms with Crippen molar-refractivity contribution in [2.45, 2.75) is 25.8 Å². The molecule has 1 aliphatic rings. The van der Waals surface area contributed by atoms with Gasteiger partial charge in [-0.25, -0.2) is 0 Å². The first-order valence-corrected chi connectivity index (χ1v) is 9.15. The first kappa shape index (κ1) is 19.0. The van der Waals surface area contributed by atoms with Crippen LogP contribution in [0, 0.1) is 0 Å². The number of aliphatic hydroxyl groups excluding tert-OH is 1. The average Bonchev–Trinajstić information content (AvgIpc) is 2.91. The molecule has 1 atom stereocenters. The number of hydrogen-bond acceptors (Lipinski definition) is 4. The number of ketones is 1. The van der Waals surface area contributed by atoms with Gasteiger partial charge in [0.2, 0.25) is 0 Å². The summed E-state index contributed by atoms with van der Waals surface area (Å²) in [7, 11) is 0. The third-order valence-electron chi connectivity index (χ3n) is 4.60. The van der Waals surface area contributed by atoms with E-state index < -0.39 is 17.7 Å². The van der Waals surface area contributed by atoms with E-state index in [9.17, 15) is 19.8 Å². The molecule has 0 aromatic heterocycles. The Bertz CT molecular complexity index is 905. The third-order valence-corrected chi connectivity index (χ3v) is 4.85. The maximum absolute atomic E-state index is 12.7. The molecule has 27 heavy (non-hydrogen) atoms. The number of aromatic hydroxyl groups is 1. The van der Waals surface area contributed by atoms with Gasteiger partial charge in [-0.05, 0) is 48.4 Å². The van der Waals surface area contributed by atoms with Crippen LogP contribution in [0.15, 0.2) is 54.1 Å². The molecule has 1 amide bonds. The molecule has 0 aliphatic carbocycles. The summed E-state index contributed by atoms with van der Waals surface area (Å²) in [4.78, 5) is 26.8. The standard InChI is InChI=1S/C21H20ClNO4/c1-2-3-11-23-18(14-5-4-6-16(24)12-14)17(20(26)21(23)27)19(25)13-7-9-15(22)10-8-13/h4-10,12,18,24-25H,2-3,11H2,1H3/b19-17-. The summed E-state index contributed by atoms with van der Waals surface area (Å²) in [6, 6.07) is 12.0. The number of hydrogen-bond donors (Lipinski definition) is 2. The number of aliphatic hydroxyl groups is 1. The van der Waals surface area contributed by atoms with Crippen LogP contribution in [-0.4, -0.2) is 33.3 Å². The second-order valence-corrected chi connectivity index (χ2v) is 6.88. The number of carbonyl (C=O) groups is 2. The Morgan fingerprint density at radius 1 is 1.15 bits per heavy atom. The van der Waals surface area contributed by atoms with Crippen molar-refractivity contribution in [1.29, 1.82) is 0 Å². The minimum atomic E-state index is -0.751. The van der Waals surface area contributed by atoms with Crippen molar-refractivity contribution in [3.8, 4) is 5.75 Å². The lowest BCUT2D eigenvalue weighted by atomic mass is 9.95. The van der Waals surface area contributed by atoms with Crippen molar-refractivity contribution in [3.63, 3.8) is 0 Å². The van der Waals surface area contributed by atoms with E-state index in [0.717, 1.165) is 12.8 Å². The summed E-state index contributed by atoms with van der Waals surface area (Å²) in [6.07, 6.45) is 1.58. The number of unbranched alkanes of at least 4 members (excludes halogenated alkanes) is 1. The Morgan fingerprint density at radius 2 is 1.85 bits per heavy atom. The van der Waals surface area contributed by atoms with Crippen LogP contribution in [0.25, 0.3) is 5.76 Å². The molecule has 2 aromatic rings. The Kier molecular flexibility index (Phi) is 5.51. The number of benzene rings is 2. The molecule has 0 radical (unpaired) electrons. The Labute approximate surface area is 162 Å². The van der Waals surface area contributed by atoms with Crippen molar-refractivity contribution in [1.82, 2.24) is 4.90 Å². The number of phenols is 1. The zero-order valence-corrected chi connectivity index (χ0v) is 15.6. The molecule has 2 aromatic carbocycles. The highest BCUT2D eigenvalue weighted by Crippen LogP contribution is 2.40. The maximum atomic E-state index is 12.7. The van der Waals surface area contributed by atoms with Gasteiger partial charge in [-0.3, -0.25) is 9.59 Å². The van der Waals surface area contributed by atoms with E-state index in [0.29, 0.717) is 22.7 Å². The van der Waals surface area contributed by atoms with Crippen molar-refractivity contribution in [2.75, 3.05) is 6.54 Å². The van der Waals surface area contributed by atoms with Crippen molar-refractivity contribution < 1.29 is 19.8 Å². The van der Waals surface area contributed by atoms with Crippen molar-refractivity contribution in [3.05, 3.63) is 70.3 Å². The topological polar surface area (TPSA) is 77.8 Å².